The van der Waals surface area contributed by atoms with Gasteiger partial charge in [0.05, 0.1) is 4.92 Å². The summed E-state index contributed by atoms with van der Waals surface area (Å²) in [5, 5.41) is 24.6. The van der Waals surface area contributed by atoms with E-state index in [1.54, 1.807) is 6.92 Å². The van der Waals surface area contributed by atoms with Gasteiger partial charge in [-0.25, -0.2) is 0 Å². The van der Waals surface area contributed by atoms with Gasteiger partial charge in [0, 0.05) is 6.54 Å². The van der Waals surface area contributed by atoms with E-state index in [1.165, 1.54) is 11.6 Å². The molecule has 7 heteroatoms. The van der Waals surface area contributed by atoms with Crippen LogP contribution >= 0.6 is 0 Å². The normalized spacial score (nSPS) is 12.7. The molecule has 0 bridgehead atoms. The van der Waals surface area contributed by atoms with E-state index >= 15 is 0 Å². The Balaban J connectivity index is 3.42. The minimum atomic E-state index is -1.05. The predicted molar refractivity (Wildman–Crippen MR) is 69.1 cm³/mol. The molecular formula is C12H19N3O4. The predicted octanol–water partition coefficient (Wildman–Crippen LogP) is 2.33. The monoisotopic (exact) mass is 269 g/mol. The van der Waals surface area contributed by atoms with Gasteiger partial charge >= 0.3 is 11.7 Å². The summed E-state index contributed by atoms with van der Waals surface area (Å²) in [7, 11) is 0. The second kappa shape index (κ2) is 5.81. The fraction of sp³-hybridized carbons (Fsp3) is 0.667. The van der Waals surface area contributed by atoms with Gasteiger partial charge in [0.25, 0.3) is 0 Å². The van der Waals surface area contributed by atoms with Crippen LogP contribution in [0.3, 0.4) is 0 Å². The van der Waals surface area contributed by atoms with Gasteiger partial charge in [0.1, 0.15) is 17.3 Å². The number of carbonyl (C=O) groups is 1. The zero-order chi connectivity index (χ0) is 14.7. The summed E-state index contributed by atoms with van der Waals surface area (Å²) in [5.41, 5.74) is 0.290. The van der Waals surface area contributed by atoms with E-state index < -0.39 is 16.8 Å². The van der Waals surface area contributed by atoms with E-state index in [0.717, 1.165) is 0 Å². The topological polar surface area (TPSA) is 98.3 Å². The van der Waals surface area contributed by atoms with Crippen LogP contribution in [-0.2, 0) is 11.3 Å². The summed E-state index contributed by atoms with van der Waals surface area (Å²) >= 11 is 0. The van der Waals surface area contributed by atoms with Crippen molar-refractivity contribution in [1.82, 2.24) is 9.78 Å². The Kier molecular flexibility index (Phi) is 4.63. The zero-order valence-corrected chi connectivity index (χ0v) is 11.6. The molecule has 0 spiro atoms. The van der Waals surface area contributed by atoms with Gasteiger partial charge in [-0.15, -0.1) is 0 Å². The molecule has 1 unspecified atom stereocenters. The summed E-state index contributed by atoms with van der Waals surface area (Å²) < 4.78 is 1.43. The molecule has 0 aliphatic carbocycles. The lowest BCUT2D eigenvalue weighted by molar-refractivity contribution is -0.386. The Morgan fingerprint density at radius 2 is 2.11 bits per heavy atom. The van der Waals surface area contributed by atoms with Crippen molar-refractivity contribution < 1.29 is 14.8 Å². The van der Waals surface area contributed by atoms with Gasteiger partial charge in [0.2, 0.25) is 0 Å². The highest BCUT2D eigenvalue weighted by molar-refractivity contribution is 5.77. The fourth-order valence-electron chi connectivity index (χ4n) is 2.20. The van der Waals surface area contributed by atoms with Crippen LogP contribution in [0.1, 0.15) is 44.5 Å². The second-order valence-corrected chi connectivity index (χ2v) is 4.91. The number of aliphatic carboxylic acids is 1. The molecule has 0 aliphatic heterocycles. The Hall–Kier alpha value is -1.92. The zero-order valence-electron chi connectivity index (χ0n) is 11.6. The van der Waals surface area contributed by atoms with Crippen LogP contribution < -0.4 is 0 Å². The number of nitro groups is 1. The number of carboxylic acids is 1. The van der Waals surface area contributed by atoms with Crippen molar-refractivity contribution in [2.24, 2.45) is 5.92 Å². The van der Waals surface area contributed by atoms with Crippen molar-refractivity contribution in [3.63, 3.8) is 0 Å². The van der Waals surface area contributed by atoms with Gasteiger partial charge in [-0.05, 0) is 26.2 Å². The quantitative estimate of drug-likeness (QED) is 0.631. The molecule has 0 fully saturated rings. The number of nitrogens with zero attached hydrogens (tertiary/aromatic N) is 3. The summed E-state index contributed by atoms with van der Waals surface area (Å²) in [6.45, 7) is 7.50. The van der Waals surface area contributed by atoms with Crippen molar-refractivity contribution in [3.05, 3.63) is 21.5 Å². The Labute approximate surface area is 111 Å². The maximum atomic E-state index is 11.4. The molecule has 19 heavy (non-hydrogen) atoms. The van der Waals surface area contributed by atoms with Gasteiger partial charge < -0.3 is 5.11 Å². The molecule has 0 saturated heterocycles. The standard InChI is InChI=1S/C12H19N3O4/c1-5-14-11(9(12(16)17)6-7(2)3)10(15(18)19)8(4)13-14/h7,9H,5-6H2,1-4H3,(H,16,17). The molecule has 0 aliphatic rings. The summed E-state index contributed by atoms with van der Waals surface area (Å²) in [6, 6.07) is 0. The molecule has 0 aromatic carbocycles. The number of hydrogen-bond acceptors (Lipinski definition) is 4. The van der Waals surface area contributed by atoms with Crippen molar-refractivity contribution in [2.75, 3.05) is 0 Å². The lowest BCUT2D eigenvalue weighted by Crippen LogP contribution is -2.19. The van der Waals surface area contributed by atoms with Crippen molar-refractivity contribution in [2.45, 2.75) is 46.6 Å². The molecule has 1 rings (SSSR count). The molecule has 1 N–H and O–H groups in total. The highest BCUT2D eigenvalue weighted by Crippen LogP contribution is 2.33. The Morgan fingerprint density at radius 3 is 2.47 bits per heavy atom. The number of aromatic nitrogens is 2. The van der Waals surface area contributed by atoms with Crippen LogP contribution in [0.25, 0.3) is 0 Å². The Bertz CT molecular complexity index is 493. The molecular weight excluding hydrogens is 250 g/mol. The smallest absolute Gasteiger partial charge is 0.313 e. The molecule has 0 amide bonds. The van der Waals surface area contributed by atoms with Crippen LogP contribution in [0.2, 0.25) is 0 Å². The van der Waals surface area contributed by atoms with E-state index in [-0.39, 0.29) is 23.0 Å². The van der Waals surface area contributed by atoms with Gasteiger partial charge in [-0.2, -0.15) is 5.10 Å². The average Bonchev–Trinajstić information content (AvgIpc) is 2.62. The number of aryl methyl sites for hydroxylation is 2. The van der Waals surface area contributed by atoms with E-state index in [0.29, 0.717) is 13.0 Å². The first kappa shape index (κ1) is 15.1. The van der Waals surface area contributed by atoms with Crippen LogP contribution in [0.5, 0.6) is 0 Å². The first-order valence-corrected chi connectivity index (χ1v) is 6.24. The summed E-state index contributed by atoms with van der Waals surface area (Å²) in [6.07, 6.45) is 0.349. The maximum Gasteiger partial charge on any atom is 0.313 e. The maximum absolute atomic E-state index is 11.4. The average molecular weight is 269 g/mol. The lowest BCUT2D eigenvalue weighted by atomic mass is 9.93. The molecule has 1 atom stereocenters. The van der Waals surface area contributed by atoms with Crippen LogP contribution in [0.4, 0.5) is 5.69 Å². The minimum Gasteiger partial charge on any atom is -0.481 e. The largest absolute Gasteiger partial charge is 0.481 e. The molecule has 1 aromatic heterocycles. The van der Waals surface area contributed by atoms with Crippen molar-refractivity contribution in [1.29, 1.82) is 0 Å². The van der Waals surface area contributed by atoms with Crippen LogP contribution in [-0.4, -0.2) is 25.8 Å². The van der Waals surface area contributed by atoms with Crippen LogP contribution in [0, 0.1) is 23.0 Å². The molecule has 0 saturated carbocycles. The molecule has 1 heterocycles. The molecule has 7 nitrogen and oxygen atoms in total. The van der Waals surface area contributed by atoms with Crippen molar-refractivity contribution >= 4 is 11.7 Å². The SMILES string of the molecule is CCn1nc(C)c([N+](=O)[O-])c1C(CC(C)C)C(=O)O. The van der Waals surface area contributed by atoms with E-state index in [4.69, 9.17) is 0 Å². The first-order chi connectivity index (χ1) is 8.79. The minimum absolute atomic E-state index is 0.126. The molecule has 106 valence electrons. The second-order valence-electron chi connectivity index (χ2n) is 4.91. The van der Waals surface area contributed by atoms with Crippen molar-refractivity contribution in [3.8, 4) is 0 Å². The highest BCUT2D eigenvalue weighted by atomic mass is 16.6. The lowest BCUT2D eigenvalue weighted by Gasteiger charge is -2.15. The Morgan fingerprint density at radius 1 is 1.53 bits per heavy atom. The number of hydrogen-bond donors (Lipinski definition) is 1. The molecule has 0 radical (unpaired) electrons. The van der Waals surface area contributed by atoms with E-state index in [9.17, 15) is 20.0 Å². The number of rotatable bonds is 6. The van der Waals surface area contributed by atoms with Gasteiger partial charge in [-0.3, -0.25) is 19.6 Å². The summed E-state index contributed by atoms with van der Waals surface area (Å²) in [4.78, 5) is 22.0. The highest BCUT2D eigenvalue weighted by Gasteiger charge is 2.35. The molecule has 1 aromatic rings. The number of carboxylic acid groups (broad SMARTS) is 1. The third-order valence-electron chi connectivity index (χ3n) is 2.95. The van der Waals surface area contributed by atoms with Gasteiger partial charge in [0.15, 0.2) is 0 Å². The third kappa shape index (κ3) is 3.10. The fourth-order valence-corrected chi connectivity index (χ4v) is 2.20. The van der Waals surface area contributed by atoms with Gasteiger partial charge in [-0.1, -0.05) is 13.8 Å². The first-order valence-electron chi connectivity index (χ1n) is 6.24. The van der Waals surface area contributed by atoms with Crippen LogP contribution in [0.15, 0.2) is 0 Å². The van der Waals surface area contributed by atoms with E-state index in [2.05, 4.69) is 5.10 Å². The summed E-state index contributed by atoms with van der Waals surface area (Å²) in [5.74, 6) is -1.82. The third-order valence-corrected chi connectivity index (χ3v) is 2.95. The van der Waals surface area contributed by atoms with E-state index in [1.807, 2.05) is 13.8 Å².